The molecule has 1 aliphatic heterocycles. The molecule has 0 aliphatic carbocycles. The van der Waals surface area contributed by atoms with Crippen LogP contribution in [0.4, 0.5) is 10.1 Å². The maximum absolute atomic E-state index is 13.0. The number of halogens is 1. The summed E-state index contributed by atoms with van der Waals surface area (Å²) in [5, 5.41) is 14.2. The van der Waals surface area contributed by atoms with Crippen molar-refractivity contribution < 1.29 is 9.18 Å². The zero-order valence-corrected chi connectivity index (χ0v) is 14.8. The number of aromatic nitrogens is 4. The van der Waals surface area contributed by atoms with Crippen LogP contribution in [0.1, 0.15) is 0 Å². The van der Waals surface area contributed by atoms with Crippen molar-refractivity contribution in [3.63, 3.8) is 0 Å². The van der Waals surface area contributed by atoms with Gasteiger partial charge in [0.15, 0.2) is 0 Å². The first-order valence-electron chi connectivity index (χ1n) is 8.29. The molecule has 9 heteroatoms. The van der Waals surface area contributed by atoms with Gasteiger partial charge in [0.25, 0.3) is 0 Å². The van der Waals surface area contributed by atoms with Gasteiger partial charge in [0.05, 0.1) is 4.88 Å². The second-order valence-electron chi connectivity index (χ2n) is 5.97. The van der Waals surface area contributed by atoms with E-state index in [0.29, 0.717) is 32.0 Å². The Hall–Kier alpha value is -2.81. The number of hydrogen-bond donors (Lipinski definition) is 0. The molecule has 0 radical (unpaired) electrons. The van der Waals surface area contributed by atoms with Crippen LogP contribution in [0, 0.1) is 5.82 Å². The van der Waals surface area contributed by atoms with E-state index in [2.05, 4.69) is 20.3 Å². The van der Waals surface area contributed by atoms with Crippen LogP contribution in [-0.2, 0) is 11.3 Å². The molecule has 1 aromatic carbocycles. The van der Waals surface area contributed by atoms with Crippen molar-refractivity contribution in [3.8, 4) is 10.7 Å². The minimum absolute atomic E-state index is 0.0288. The Balaban J connectivity index is 1.33. The van der Waals surface area contributed by atoms with Crippen LogP contribution in [0.25, 0.3) is 10.7 Å². The number of carbonyl (C=O) groups is 1. The lowest BCUT2D eigenvalue weighted by molar-refractivity contribution is -0.132. The highest BCUT2D eigenvalue weighted by molar-refractivity contribution is 7.13. The molecular weight excluding hydrogens is 355 g/mol. The van der Waals surface area contributed by atoms with Crippen LogP contribution in [0.3, 0.4) is 0 Å². The second kappa shape index (κ2) is 7.20. The molecule has 1 aliphatic rings. The second-order valence-corrected chi connectivity index (χ2v) is 6.91. The number of carbonyl (C=O) groups excluding carboxylic acids is 1. The predicted octanol–water partition coefficient (Wildman–Crippen LogP) is 1.89. The number of thiophene rings is 1. The van der Waals surface area contributed by atoms with Gasteiger partial charge in [-0.2, -0.15) is 4.80 Å². The summed E-state index contributed by atoms with van der Waals surface area (Å²) in [6.07, 6.45) is 0. The topological polar surface area (TPSA) is 67.2 Å². The number of piperazine rings is 1. The van der Waals surface area contributed by atoms with E-state index in [4.69, 9.17) is 0 Å². The van der Waals surface area contributed by atoms with Gasteiger partial charge in [-0.3, -0.25) is 4.79 Å². The molecule has 3 heterocycles. The normalized spacial score (nSPS) is 14.7. The Labute approximate surface area is 153 Å². The quantitative estimate of drug-likeness (QED) is 0.700. The summed E-state index contributed by atoms with van der Waals surface area (Å²) >= 11 is 1.53. The Kier molecular flexibility index (Phi) is 4.61. The fraction of sp³-hybridized carbons (Fsp3) is 0.294. The van der Waals surface area contributed by atoms with E-state index in [-0.39, 0.29) is 18.3 Å². The molecule has 1 saturated heterocycles. The van der Waals surface area contributed by atoms with Crippen molar-refractivity contribution in [2.24, 2.45) is 0 Å². The lowest BCUT2D eigenvalue weighted by atomic mass is 10.2. The monoisotopic (exact) mass is 372 g/mol. The predicted molar refractivity (Wildman–Crippen MR) is 96.3 cm³/mol. The molecule has 0 N–H and O–H groups in total. The van der Waals surface area contributed by atoms with Gasteiger partial charge in [0, 0.05) is 31.9 Å². The van der Waals surface area contributed by atoms with Gasteiger partial charge in [0.1, 0.15) is 12.4 Å². The lowest BCUT2D eigenvalue weighted by Crippen LogP contribution is -2.49. The number of benzene rings is 1. The van der Waals surface area contributed by atoms with Gasteiger partial charge in [-0.05, 0) is 40.9 Å². The average molecular weight is 372 g/mol. The summed E-state index contributed by atoms with van der Waals surface area (Å²) < 4.78 is 13.0. The van der Waals surface area contributed by atoms with Crippen molar-refractivity contribution >= 4 is 22.9 Å². The highest BCUT2D eigenvalue weighted by Gasteiger charge is 2.22. The number of anilines is 1. The first kappa shape index (κ1) is 16.6. The summed E-state index contributed by atoms with van der Waals surface area (Å²) in [6, 6.07) is 10.3. The molecule has 0 bridgehead atoms. The average Bonchev–Trinajstić information content (AvgIpc) is 3.34. The van der Waals surface area contributed by atoms with Crippen LogP contribution in [-0.4, -0.2) is 57.2 Å². The van der Waals surface area contributed by atoms with Crippen molar-refractivity contribution in [1.82, 2.24) is 25.1 Å². The summed E-state index contributed by atoms with van der Waals surface area (Å²) in [5.74, 6) is 0.262. The maximum Gasteiger partial charge on any atom is 0.246 e. The van der Waals surface area contributed by atoms with E-state index < -0.39 is 0 Å². The van der Waals surface area contributed by atoms with Crippen molar-refractivity contribution in [2.45, 2.75) is 6.54 Å². The molecule has 1 amide bonds. The number of rotatable bonds is 4. The molecule has 134 valence electrons. The molecule has 0 unspecified atom stereocenters. The van der Waals surface area contributed by atoms with E-state index in [0.717, 1.165) is 10.6 Å². The number of hydrogen-bond acceptors (Lipinski definition) is 6. The van der Waals surface area contributed by atoms with Crippen LogP contribution >= 0.6 is 11.3 Å². The molecule has 0 atom stereocenters. The van der Waals surface area contributed by atoms with E-state index in [1.165, 1.54) is 28.3 Å². The van der Waals surface area contributed by atoms with Crippen LogP contribution in [0.5, 0.6) is 0 Å². The Morgan fingerprint density at radius 2 is 1.88 bits per heavy atom. The van der Waals surface area contributed by atoms with Gasteiger partial charge in [-0.25, -0.2) is 4.39 Å². The fourth-order valence-corrected chi connectivity index (χ4v) is 3.55. The standard InChI is InChI=1S/C17H17FN6OS/c18-13-3-5-14(6-4-13)22-7-9-23(10-8-22)16(25)12-24-20-17(19-21-24)15-2-1-11-26-15/h1-6,11H,7-10,12H2. The Morgan fingerprint density at radius 3 is 2.58 bits per heavy atom. The number of amides is 1. The van der Waals surface area contributed by atoms with E-state index in [1.54, 1.807) is 17.0 Å². The summed E-state index contributed by atoms with van der Waals surface area (Å²) in [4.78, 5) is 18.7. The maximum atomic E-state index is 13.0. The highest BCUT2D eigenvalue weighted by Crippen LogP contribution is 2.20. The van der Waals surface area contributed by atoms with Gasteiger partial charge >= 0.3 is 0 Å². The summed E-state index contributed by atoms with van der Waals surface area (Å²) in [6.45, 7) is 2.73. The van der Waals surface area contributed by atoms with Crippen molar-refractivity contribution in [1.29, 1.82) is 0 Å². The van der Waals surface area contributed by atoms with E-state index in [1.807, 2.05) is 17.5 Å². The number of nitrogens with zero attached hydrogens (tertiary/aromatic N) is 6. The van der Waals surface area contributed by atoms with Crippen molar-refractivity contribution in [3.05, 3.63) is 47.6 Å². The molecule has 1 fully saturated rings. The van der Waals surface area contributed by atoms with Gasteiger partial charge in [-0.1, -0.05) is 6.07 Å². The first-order chi connectivity index (χ1) is 12.7. The first-order valence-corrected chi connectivity index (χ1v) is 9.17. The largest absolute Gasteiger partial charge is 0.368 e. The van der Waals surface area contributed by atoms with Crippen LogP contribution < -0.4 is 4.90 Å². The third-order valence-electron chi connectivity index (χ3n) is 4.30. The molecule has 0 saturated carbocycles. The lowest BCUT2D eigenvalue weighted by Gasteiger charge is -2.36. The van der Waals surface area contributed by atoms with Crippen LogP contribution in [0.2, 0.25) is 0 Å². The highest BCUT2D eigenvalue weighted by atomic mass is 32.1. The smallest absolute Gasteiger partial charge is 0.246 e. The number of tetrazole rings is 1. The fourth-order valence-electron chi connectivity index (χ4n) is 2.90. The SMILES string of the molecule is O=C(Cn1nnc(-c2cccs2)n1)N1CCN(c2ccc(F)cc2)CC1. The Bertz CT molecular complexity index is 871. The third kappa shape index (κ3) is 3.57. The van der Waals surface area contributed by atoms with Gasteiger partial charge in [-0.15, -0.1) is 21.5 Å². The zero-order chi connectivity index (χ0) is 17.9. The minimum atomic E-state index is -0.246. The summed E-state index contributed by atoms with van der Waals surface area (Å²) in [7, 11) is 0. The van der Waals surface area contributed by atoms with E-state index >= 15 is 0 Å². The Morgan fingerprint density at radius 1 is 1.12 bits per heavy atom. The van der Waals surface area contributed by atoms with Gasteiger partial charge < -0.3 is 9.80 Å². The third-order valence-corrected chi connectivity index (χ3v) is 5.16. The molecule has 0 spiro atoms. The molecular formula is C17H17FN6OS. The van der Waals surface area contributed by atoms with Crippen LogP contribution in [0.15, 0.2) is 41.8 Å². The van der Waals surface area contributed by atoms with Gasteiger partial charge in [0.2, 0.25) is 11.7 Å². The molecule has 7 nitrogen and oxygen atoms in total. The van der Waals surface area contributed by atoms with Crippen molar-refractivity contribution in [2.75, 3.05) is 31.1 Å². The molecule has 26 heavy (non-hydrogen) atoms. The molecule has 2 aromatic heterocycles. The molecule has 3 aromatic rings. The van der Waals surface area contributed by atoms with E-state index in [9.17, 15) is 9.18 Å². The minimum Gasteiger partial charge on any atom is -0.368 e. The summed E-state index contributed by atoms with van der Waals surface area (Å²) in [5.41, 5.74) is 0.969. The zero-order valence-electron chi connectivity index (χ0n) is 14.0. The molecule has 4 rings (SSSR count).